The van der Waals surface area contributed by atoms with Crippen molar-refractivity contribution in [2.45, 2.75) is 20.5 Å². The number of phenolic OH excluding ortho intramolecular Hbond substituents is 1. The molecule has 1 aromatic heterocycles. The highest BCUT2D eigenvalue weighted by Gasteiger charge is 2.15. The van der Waals surface area contributed by atoms with Gasteiger partial charge >= 0.3 is 17.7 Å². The molecule has 2 aromatic carbocycles. The van der Waals surface area contributed by atoms with Crippen LogP contribution in [0, 0.1) is 6.92 Å². The largest absolute Gasteiger partial charge is 0.507 e. The van der Waals surface area contributed by atoms with E-state index in [9.17, 15) is 19.5 Å². The minimum Gasteiger partial charge on any atom is -0.507 e. The van der Waals surface area contributed by atoms with Gasteiger partial charge in [-0.05, 0) is 43.7 Å². The first kappa shape index (κ1) is 19.9. The molecule has 0 aliphatic rings. The van der Waals surface area contributed by atoms with Gasteiger partial charge in [0.1, 0.15) is 23.5 Å². The van der Waals surface area contributed by atoms with Crippen LogP contribution in [0.25, 0.3) is 11.0 Å². The predicted octanol–water partition coefficient (Wildman–Crippen LogP) is 3.73. The second-order valence-corrected chi connectivity index (χ2v) is 6.24. The van der Waals surface area contributed by atoms with Crippen LogP contribution < -0.4 is 10.9 Å². The summed E-state index contributed by atoms with van der Waals surface area (Å²) in [5.74, 6) is -0.897. The molecule has 0 radical (unpaired) electrons. The molecule has 2 N–H and O–H groups in total. The fourth-order valence-corrected chi connectivity index (χ4v) is 2.75. The normalized spacial score (nSPS) is 10.6. The lowest BCUT2D eigenvalue weighted by Gasteiger charge is -2.10. The Morgan fingerprint density at radius 2 is 1.90 bits per heavy atom. The van der Waals surface area contributed by atoms with Gasteiger partial charge in [0, 0.05) is 28.8 Å². The van der Waals surface area contributed by atoms with Crippen LogP contribution in [0.3, 0.4) is 0 Å². The standard InChI is InChI=1S/C21H19NO7/c1-3-27-21(26)22-14-5-7-15-13(9-19(24)29-18(15)10-14)11-28-20(25)16-6-4-12(2)8-17(16)23/h4-10,23H,3,11H2,1-2H3,(H,22,26). The van der Waals surface area contributed by atoms with Crippen LogP contribution in [-0.2, 0) is 16.1 Å². The Morgan fingerprint density at radius 1 is 1.10 bits per heavy atom. The first-order chi connectivity index (χ1) is 13.9. The van der Waals surface area contributed by atoms with E-state index in [1.807, 2.05) is 0 Å². The Balaban J connectivity index is 1.82. The van der Waals surface area contributed by atoms with E-state index in [0.29, 0.717) is 16.6 Å². The number of hydrogen-bond acceptors (Lipinski definition) is 7. The highest BCUT2D eigenvalue weighted by atomic mass is 16.5. The summed E-state index contributed by atoms with van der Waals surface area (Å²) in [7, 11) is 0. The topological polar surface area (TPSA) is 115 Å². The van der Waals surface area contributed by atoms with Crippen molar-refractivity contribution in [2.24, 2.45) is 0 Å². The van der Waals surface area contributed by atoms with Crippen LogP contribution >= 0.6 is 0 Å². The maximum Gasteiger partial charge on any atom is 0.411 e. The van der Waals surface area contributed by atoms with E-state index in [1.165, 1.54) is 24.3 Å². The minimum atomic E-state index is -0.718. The Hall–Kier alpha value is -3.81. The number of esters is 1. The summed E-state index contributed by atoms with van der Waals surface area (Å²) in [6.45, 7) is 3.50. The summed E-state index contributed by atoms with van der Waals surface area (Å²) in [6, 6.07) is 10.6. The number of phenols is 1. The van der Waals surface area contributed by atoms with Crippen LogP contribution in [0.2, 0.25) is 0 Å². The van der Waals surface area contributed by atoms with Gasteiger partial charge in [-0.2, -0.15) is 0 Å². The highest BCUT2D eigenvalue weighted by Crippen LogP contribution is 2.24. The van der Waals surface area contributed by atoms with Gasteiger partial charge in [-0.3, -0.25) is 5.32 Å². The molecule has 0 aliphatic heterocycles. The van der Waals surface area contributed by atoms with E-state index >= 15 is 0 Å². The molecule has 0 saturated carbocycles. The summed E-state index contributed by atoms with van der Waals surface area (Å²) < 4.78 is 15.2. The number of hydrogen-bond donors (Lipinski definition) is 2. The average Bonchev–Trinajstić information content (AvgIpc) is 2.65. The molecule has 3 aromatic rings. The first-order valence-electron chi connectivity index (χ1n) is 8.84. The van der Waals surface area contributed by atoms with Crippen molar-refractivity contribution in [1.82, 2.24) is 0 Å². The van der Waals surface area contributed by atoms with Crippen molar-refractivity contribution in [3.63, 3.8) is 0 Å². The minimum absolute atomic E-state index is 0.0313. The molecule has 0 unspecified atom stereocenters. The number of nitrogens with one attached hydrogen (secondary N) is 1. The van der Waals surface area contributed by atoms with E-state index < -0.39 is 17.7 Å². The monoisotopic (exact) mass is 397 g/mol. The van der Waals surface area contributed by atoms with Crippen LogP contribution in [0.4, 0.5) is 10.5 Å². The number of aromatic hydroxyl groups is 1. The van der Waals surface area contributed by atoms with E-state index in [4.69, 9.17) is 13.9 Å². The molecule has 1 amide bonds. The molecule has 150 valence electrons. The number of benzene rings is 2. The van der Waals surface area contributed by atoms with Gasteiger partial charge < -0.3 is 19.0 Å². The summed E-state index contributed by atoms with van der Waals surface area (Å²) in [4.78, 5) is 35.7. The number of ether oxygens (including phenoxy) is 2. The van der Waals surface area contributed by atoms with Gasteiger partial charge in [-0.15, -0.1) is 0 Å². The van der Waals surface area contributed by atoms with Gasteiger partial charge in [0.25, 0.3) is 0 Å². The lowest BCUT2D eigenvalue weighted by molar-refractivity contribution is 0.0470. The Bertz CT molecular complexity index is 1130. The molecule has 0 fully saturated rings. The number of aryl methyl sites for hydroxylation is 1. The van der Waals surface area contributed by atoms with Crippen LogP contribution in [0.1, 0.15) is 28.4 Å². The summed E-state index contributed by atoms with van der Waals surface area (Å²) in [5, 5.41) is 13.0. The quantitative estimate of drug-likeness (QED) is 0.498. The average molecular weight is 397 g/mol. The van der Waals surface area contributed by atoms with E-state index in [0.717, 1.165) is 5.56 Å². The fourth-order valence-electron chi connectivity index (χ4n) is 2.75. The van der Waals surface area contributed by atoms with E-state index in [-0.39, 0.29) is 30.1 Å². The number of fused-ring (bicyclic) bond motifs is 1. The smallest absolute Gasteiger partial charge is 0.411 e. The Morgan fingerprint density at radius 3 is 2.62 bits per heavy atom. The number of carbonyl (C=O) groups is 2. The molecule has 0 bridgehead atoms. The lowest BCUT2D eigenvalue weighted by Crippen LogP contribution is -2.13. The number of anilines is 1. The van der Waals surface area contributed by atoms with Crippen LogP contribution in [0.5, 0.6) is 5.75 Å². The molecule has 8 nitrogen and oxygen atoms in total. The van der Waals surface area contributed by atoms with E-state index in [1.54, 1.807) is 32.0 Å². The molecular formula is C21H19NO7. The summed E-state index contributed by atoms with van der Waals surface area (Å²) in [6.07, 6.45) is -0.628. The zero-order chi connectivity index (χ0) is 21.0. The van der Waals surface area contributed by atoms with Crippen molar-refractivity contribution in [3.05, 3.63) is 69.6 Å². The summed E-state index contributed by atoms with van der Waals surface area (Å²) in [5.41, 5.74) is 1.24. The third-order valence-electron chi connectivity index (χ3n) is 4.08. The predicted molar refractivity (Wildman–Crippen MR) is 105 cm³/mol. The maximum atomic E-state index is 12.3. The molecule has 1 heterocycles. The lowest BCUT2D eigenvalue weighted by atomic mass is 10.1. The van der Waals surface area contributed by atoms with Gasteiger partial charge in [0.2, 0.25) is 0 Å². The van der Waals surface area contributed by atoms with Gasteiger partial charge in [-0.1, -0.05) is 6.07 Å². The maximum absolute atomic E-state index is 12.3. The molecule has 8 heteroatoms. The third-order valence-corrected chi connectivity index (χ3v) is 4.08. The Labute approximate surface area is 165 Å². The molecule has 3 rings (SSSR count). The SMILES string of the molecule is CCOC(=O)Nc1ccc2c(COC(=O)c3ccc(C)cc3O)cc(=O)oc2c1. The van der Waals surface area contributed by atoms with Gasteiger partial charge in [0.15, 0.2) is 0 Å². The van der Waals surface area contributed by atoms with Crippen molar-refractivity contribution in [3.8, 4) is 5.75 Å². The van der Waals surface area contributed by atoms with Gasteiger partial charge in [0.05, 0.1) is 6.61 Å². The molecule has 0 atom stereocenters. The second-order valence-electron chi connectivity index (χ2n) is 6.24. The van der Waals surface area contributed by atoms with Gasteiger partial charge in [-0.25, -0.2) is 14.4 Å². The van der Waals surface area contributed by atoms with Crippen molar-refractivity contribution < 1.29 is 28.6 Å². The van der Waals surface area contributed by atoms with Crippen molar-refractivity contribution in [1.29, 1.82) is 0 Å². The highest BCUT2D eigenvalue weighted by molar-refractivity contribution is 5.93. The molecule has 0 spiro atoms. The molecule has 29 heavy (non-hydrogen) atoms. The fraction of sp³-hybridized carbons (Fsp3) is 0.190. The second kappa shape index (κ2) is 8.47. The number of rotatable bonds is 5. The number of carbonyl (C=O) groups excluding carboxylic acids is 2. The number of amides is 1. The van der Waals surface area contributed by atoms with E-state index in [2.05, 4.69) is 5.32 Å². The first-order valence-corrected chi connectivity index (χ1v) is 8.84. The molecule has 0 aliphatic carbocycles. The molecule has 0 saturated heterocycles. The van der Waals surface area contributed by atoms with Crippen LogP contribution in [0.15, 0.2) is 51.7 Å². The Kier molecular flexibility index (Phi) is 5.82. The third kappa shape index (κ3) is 4.73. The van der Waals surface area contributed by atoms with Crippen LogP contribution in [-0.4, -0.2) is 23.8 Å². The molecular weight excluding hydrogens is 378 g/mol. The van der Waals surface area contributed by atoms with Crippen molar-refractivity contribution in [2.75, 3.05) is 11.9 Å². The van der Waals surface area contributed by atoms with Crippen molar-refractivity contribution >= 4 is 28.7 Å². The zero-order valence-electron chi connectivity index (χ0n) is 15.9. The summed E-state index contributed by atoms with van der Waals surface area (Å²) >= 11 is 0. The zero-order valence-corrected chi connectivity index (χ0v) is 15.9.